The molecule has 0 aliphatic heterocycles. The van der Waals surface area contributed by atoms with Crippen LogP contribution in [0.1, 0.15) is 11.1 Å². The Kier molecular flexibility index (Phi) is 5.03. The molecule has 0 saturated heterocycles. The highest BCUT2D eigenvalue weighted by Crippen LogP contribution is 2.37. The normalized spacial score (nSPS) is 11.0. The van der Waals surface area contributed by atoms with Crippen LogP contribution in [0.5, 0.6) is 0 Å². The zero-order chi connectivity index (χ0) is 17.9. The summed E-state index contributed by atoms with van der Waals surface area (Å²) < 4.78 is 39.3. The lowest BCUT2D eigenvalue weighted by atomic mass is 10.1. The average Bonchev–Trinajstić information content (AvgIpc) is 2.48. The highest BCUT2D eigenvalue weighted by Gasteiger charge is 2.35. The summed E-state index contributed by atoms with van der Waals surface area (Å²) in [6.07, 6.45) is -4.76. The van der Waals surface area contributed by atoms with Crippen LogP contribution in [0.2, 0.25) is 0 Å². The number of nitro benzene ring substituents is 1. The highest BCUT2D eigenvalue weighted by molar-refractivity contribution is 7.80. The summed E-state index contributed by atoms with van der Waals surface area (Å²) in [4.78, 5) is 9.79. The standard InChI is InChI=1S/C15H12F3N3O2S/c1-9-4-2-3-5-12(9)19-14(24)20-13-7-6-10(21(22)23)8-11(13)15(16,17)18/h2-8H,1H3,(H2,19,20,24). The second-order valence-corrected chi connectivity index (χ2v) is 5.29. The van der Waals surface area contributed by atoms with Crippen molar-refractivity contribution in [1.29, 1.82) is 0 Å². The fraction of sp³-hybridized carbons (Fsp3) is 0.133. The summed E-state index contributed by atoms with van der Waals surface area (Å²) in [5.41, 5.74) is -0.665. The van der Waals surface area contributed by atoms with Gasteiger partial charge in [-0.3, -0.25) is 10.1 Å². The Morgan fingerprint density at radius 2 is 1.75 bits per heavy atom. The number of anilines is 2. The van der Waals surface area contributed by atoms with Crippen molar-refractivity contribution in [3.8, 4) is 0 Å². The van der Waals surface area contributed by atoms with Gasteiger partial charge >= 0.3 is 6.18 Å². The summed E-state index contributed by atoms with van der Waals surface area (Å²) in [5, 5.41) is 15.9. The van der Waals surface area contributed by atoms with Crippen LogP contribution in [0.4, 0.5) is 30.2 Å². The number of nitrogens with one attached hydrogen (secondary N) is 2. The molecular weight excluding hydrogens is 343 g/mol. The number of nitrogens with zero attached hydrogens (tertiary/aromatic N) is 1. The molecule has 0 radical (unpaired) electrons. The first kappa shape index (κ1) is 17.7. The van der Waals surface area contributed by atoms with E-state index < -0.39 is 22.4 Å². The van der Waals surface area contributed by atoms with Crippen molar-refractivity contribution in [3.63, 3.8) is 0 Å². The molecule has 2 aromatic carbocycles. The van der Waals surface area contributed by atoms with Crippen molar-refractivity contribution in [2.24, 2.45) is 0 Å². The molecule has 0 amide bonds. The van der Waals surface area contributed by atoms with E-state index in [1.54, 1.807) is 12.1 Å². The Morgan fingerprint density at radius 1 is 1.12 bits per heavy atom. The maximum absolute atomic E-state index is 13.1. The van der Waals surface area contributed by atoms with Gasteiger partial charge in [-0.15, -0.1) is 0 Å². The molecule has 0 fully saturated rings. The number of halogens is 3. The lowest BCUT2D eigenvalue weighted by Gasteiger charge is -2.16. The largest absolute Gasteiger partial charge is 0.418 e. The van der Waals surface area contributed by atoms with Crippen molar-refractivity contribution in [1.82, 2.24) is 0 Å². The van der Waals surface area contributed by atoms with Crippen LogP contribution in [0.25, 0.3) is 0 Å². The van der Waals surface area contributed by atoms with E-state index in [2.05, 4.69) is 10.6 Å². The van der Waals surface area contributed by atoms with Gasteiger partial charge in [-0.25, -0.2) is 0 Å². The van der Waals surface area contributed by atoms with E-state index in [1.807, 2.05) is 19.1 Å². The Bertz CT molecular complexity index is 794. The van der Waals surface area contributed by atoms with Gasteiger partial charge in [0.05, 0.1) is 16.2 Å². The second-order valence-electron chi connectivity index (χ2n) is 4.88. The van der Waals surface area contributed by atoms with Gasteiger partial charge in [-0.2, -0.15) is 13.2 Å². The molecule has 2 N–H and O–H groups in total. The Morgan fingerprint density at radius 3 is 2.33 bits per heavy atom. The van der Waals surface area contributed by atoms with Crippen LogP contribution in [-0.2, 0) is 6.18 Å². The molecular formula is C15H12F3N3O2S. The van der Waals surface area contributed by atoms with Crippen LogP contribution in [-0.4, -0.2) is 10.0 Å². The van der Waals surface area contributed by atoms with Crippen molar-refractivity contribution in [2.45, 2.75) is 13.1 Å². The molecule has 0 aliphatic carbocycles. The van der Waals surface area contributed by atoms with E-state index in [0.29, 0.717) is 11.8 Å². The van der Waals surface area contributed by atoms with Crippen LogP contribution >= 0.6 is 12.2 Å². The summed E-state index contributed by atoms with van der Waals surface area (Å²) in [6.45, 7) is 1.82. The van der Waals surface area contributed by atoms with Crippen molar-refractivity contribution < 1.29 is 18.1 Å². The lowest BCUT2D eigenvalue weighted by Crippen LogP contribution is -2.22. The molecule has 0 aromatic heterocycles. The fourth-order valence-corrected chi connectivity index (χ4v) is 2.20. The third kappa shape index (κ3) is 4.19. The van der Waals surface area contributed by atoms with Gasteiger partial charge in [0.1, 0.15) is 0 Å². The van der Waals surface area contributed by atoms with Crippen molar-refractivity contribution in [2.75, 3.05) is 10.6 Å². The molecule has 2 rings (SSSR count). The van der Waals surface area contributed by atoms with Crippen LogP contribution in [0.15, 0.2) is 42.5 Å². The SMILES string of the molecule is Cc1ccccc1NC(=S)Nc1ccc([N+](=O)[O-])cc1C(F)(F)F. The number of benzene rings is 2. The number of rotatable bonds is 3. The lowest BCUT2D eigenvalue weighted by molar-refractivity contribution is -0.385. The number of non-ortho nitro benzene ring substituents is 1. The number of hydrogen-bond acceptors (Lipinski definition) is 3. The predicted molar refractivity (Wildman–Crippen MR) is 89.1 cm³/mol. The minimum atomic E-state index is -4.76. The summed E-state index contributed by atoms with van der Waals surface area (Å²) in [7, 11) is 0. The summed E-state index contributed by atoms with van der Waals surface area (Å²) >= 11 is 5.02. The zero-order valence-electron chi connectivity index (χ0n) is 12.3. The van der Waals surface area contributed by atoms with E-state index in [-0.39, 0.29) is 10.8 Å². The van der Waals surface area contributed by atoms with Gasteiger partial charge in [-0.1, -0.05) is 18.2 Å². The van der Waals surface area contributed by atoms with E-state index in [1.165, 1.54) is 0 Å². The smallest absolute Gasteiger partial charge is 0.332 e. The number of nitro groups is 1. The maximum atomic E-state index is 13.1. The molecule has 0 spiro atoms. The number of hydrogen-bond donors (Lipinski definition) is 2. The van der Waals surface area contributed by atoms with Gasteiger partial charge in [0.25, 0.3) is 5.69 Å². The molecule has 0 saturated carbocycles. The molecule has 0 unspecified atom stereocenters. The average molecular weight is 355 g/mol. The molecule has 0 heterocycles. The van der Waals surface area contributed by atoms with Gasteiger partial charge < -0.3 is 10.6 Å². The number of aryl methyl sites for hydroxylation is 1. The van der Waals surface area contributed by atoms with Crippen molar-refractivity contribution >= 4 is 34.4 Å². The molecule has 2 aromatic rings. The fourth-order valence-electron chi connectivity index (χ4n) is 1.98. The molecule has 5 nitrogen and oxygen atoms in total. The molecule has 126 valence electrons. The molecule has 0 aliphatic rings. The zero-order valence-corrected chi connectivity index (χ0v) is 13.2. The topological polar surface area (TPSA) is 67.2 Å². The molecule has 9 heteroatoms. The van der Waals surface area contributed by atoms with Crippen LogP contribution in [0, 0.1) is 17.0 Å². The van der Waals surface area contributed by atoms with Gasteiger partial charge in [-0.05, 0) is 36.8 Å². The molecule has 0 bridgehead atoms. The van der Waals surface area contributed by atoms with Crippen molar-refractivity contribution in [3.05, 3.63) is 63.7 Å². The minimum absolute atomic E-state index is 0.0522. The van der Waals surface area contributed by atoms with Crippen LogP contribution in [0.3, 0.4) is 0 Å². The summed E-state index contributed by atoms with van der Waals surface area (Å²) in [5.74, 6) is 0. The van der Waals surface area contributed by atoms with Gasteiger partial charge in [0, 0.05) is 17.8 Å². The molecule has 0 atom stereocenters. The number of para-hydroxylation sites is 1. The third-order valence-corrected chi connectivity index (χ3v) is 3.36. The first-order valence-electron chi connectivity index (χ1n) is 6.68. The Balaban J connectivity index is 2.27. The van der Waals surface area contributed by atoms with Gasteiger partial charge in [0.15, 0.2) is 5.11 Å². The summed E-state index contributed by atoms with van der Waals surface area (Å²) in [6, 6.07) is 9.54. The quantitative estimate of drug-likeness (QED) is 0.473. The Hall–Kier alpha value is -2.68. The Labute approximate surface area is 140 Å². The third-order valence-electron chi connectivity index (χ3n) is 3.16. The van der Waals surface area contributed by atoms with Gasteiger partial charge in [0.2, 0.25) is 0 Å². The van der Waals surface area contributed by atoms with E-state index in [9.17, 15) is 23.3 Å². The number of alkyl halides is 3. The predicted octanol–water partition coefficient (Wildman–Crippen LogP) is 4.73. The molecule has 24 heavy (non-hydrogen) atoms. The van der Waals surface area contributed by atoms with Crippen LogP contribution < -0.4 is 10.6 Å². The first-order valence-corrected chi connectivity index (χ1v) is 7.08. The van der Waals surface area contributed by atoms with E-state index in [0.717, 1.165) is 17.7 Å². The second kappa shape index (κ2) is 6.83. The monoisotopic (exact) mass is 355 g/mol. The minimum Gasteiger partial charge on any atom is -0.332 e. The maximum Gasteiger partial charge on any atom is 0.418 e. The van der Waals surface area contributed by atoms with E-state index in [4.69, 9.17) is 12.2 Å². The van der Waals surface area contributed by atoms with E-state index >= 15 is 0 Å². The number of thiocarbonyl (C=S) groups is 1. The highest BCUT2D eigenvalue weighted by atomic mass is 32.1. The first-order chi connectivity index (χ1) is 11.2.